The third-order valence-corrected chi connectivity index (χ3v) is 5.25. The van der Waals surface area contributed by atoms with E-state index in [4.69, 9.17) is 18.9 Å². The summed E-state index contributed by atoms with van der Waals surface area (Å²) in [4.78, 5) is 15.1. The number of rotatable bonds is 5. The summed E-state index contributed by atoms with van der Waals surface area (Å²) >= 11 is 0. The lowest BCUT2D eigenvalue weighted by molar-refractivity contribution is -0.000719. The van der Waals surface area contributed by atoms with Crippen molar-refractivity contribution in [1.29, 1.82) is 0 Å². The molecule has 6 nitrogen and oxygen atoms in total. The highest BCUT2D eigenvalue weighted by Crippen LogP contribution is 2.38. The molecule has 6 heteroatoms. The second kappa shape index (κ2) is 6.89. The molecule has 0 aliphatic carbocycles. The zero-order valence-corrected chi connectivity index (χ0v) is 14.7. The van der Waals surface area contributed by atoms with E-state index in [1.54, 1.807) is 19.2 Å². The van der Waals surface area contributed by atoms with E-state index in [0.29, 0.717) is 34.9 Å². The predicted octanol–water partition coefficient (Wildman–Crippen LogP) is 2.49. The summed E-state index contributed by atoms with van der Waals surface area (Å²) in [5.41, 5.74) is 0.362. The van der Waals surface area contributed by atoms with E-state index in [-0.39, 0.29) is 12.1 Å². The third-order valence-electron chi connectivity index (χ3n) is 5.25. The summed E-state index contributed by atoms with van der Waals surface area (Å²) in [7, 11) is 6.77. The van der Waals surface area contributed by atoms with Gasteiger partial charge in [-0.25, -0.2) is 4.79 Å². The van der Waals surface area contributed by atoms with Crippen LogP contribution < -0.4 is 14.2 Å². The van der Waals surface area contributed by atoms with Gasteiger partial charge in [-0.05, 0) is 19.9 Å². The summed E-state index contributed by atoms with van der Waals surface area (Å²) in [6.45, 7) is 0. The highest BCUT2D eigenvalue weighted by Gasteiger charge is 2.40. The van der Waals surface area contributed by atoms with Crippen molar-refractivity contribution in [1.82, 2.24) is 4.90 Å². The van der Waals surface area contributed by atoms with Gasteiger partial charge >= 0.3 is 5.97 Å². The van der Waals surface area contributed by atoms with Crippen LogP contribution in [0.25, 0.3) is 0 Å². The molecule has 2 unspecified atom stereocenters. The molecule has 1 aromatic carbocycles. The van der Waals surface area contributed by atoms with Gasteiger partial charge in [-0.2, -0.15) is 0 Å². The van der Waals surface area contributed by atoms with Gasteiger partial charge in [0.1, 0.15) is 17.4 Å². The second-order valence-corrected chi connectivity index (χ2v) is 6.46. The largest absolute Gasteiger partial charge is 0.496 e. The fourth-order valence-electron chi connectivity index (χ4n) is 3.86. The smallest absolute Gasteiger partial charge is 0.342 e. The molecule has 0 amide bonds. The van der Waals surface area contributed by atoms with Gasteiger partial charge in [0.15, 0.2) is 11.5 Å². The number of nitrogens with zero attached hydrogens (tertiary/aromatic N) is 1. The van der Waals surface area contributed by atoms with Gasteiger partial charge in [-0.1, -0.05) is 0 Å². The monoisotopic (exact) mass is 335 g/mol. The average Bonchev–Trinajstić information content (AvgIpc) is 2.81. The Kier molecular flexibility index (Phi) is 4.85. The standard InChI is InChI=1S/C18H25NO5/c1-19-11-5-6-12(19)8-13(7-11)24-18(20)14-9-16(22-3)17(23-4)10-15(14)21-2/h9-13H,5-8H2,1-4H3. The molecule has 2 atom stereocenters. The van der Waals surface area contributed by atoms with Crippen molar-refractivity contribution in [3.63, 3.8) is 0 Å². The number of hydrogen-bond acceptors (Lipinski definition) is 6. The van der Waals surface area contributed by atoms with E-state index >= 15 is 0 Å². The summed E-state index contributed by atoms with van der Waals surface area (Å²) in [5.74, 6) is 1.05. The van der Waals surface area contributed by atoms with Gasteiger partial charge in [0.05, 0.1) is 21.3 Å². The Balaban J connectivity index is 1.77. The first-order valence-electron chi connectivity index (χ1n) is 8.30. The lowest BCUT2D eigenvalue weighted by atomic mass is 10.0. The summed E-state index contributed by atoms with van der Waals surface area (Å²) in [6.07, 6.45) is 4.14. The Hall–Kier alpha value is -1.95. The molecule has 24 heavy (non-hydrogen) atoms. The molecule has 132 valence electrons. The van der Waals surface area contributed by atoms with E-state index < -0.39 is 0 Å². The fraction of sp³-hybridized carbons (Fsp3) is 0.611. The molecule has 0 radical (unpaired) electrons. The molecule has 3 rings (SSSR count). The number of methoxy groups -OCH3 is 3. The van der Waals surface area contributed by atoms with Gasteiger partial charge in [-0.3, -0.25) is 0 Å². The van der Waals surface area contributed by atoms with E-state index in [2.05, 4.69) is 11.9 Å². The lowest BCUT2D eigenvalue weighted by Crippen LogP contribution is -2.43. The molecule has 2 saturated heterocycles. The molecule has 2 fully saturated rings. The van der Waals surface area contributed by atoms with E-state index in [0.717, 1.165) is 12.8 Å². The van der Waals surface area contributed by atoms with Crippen molar-refractivity contribution in [3.8, 4) is 17.2 Å². The van der Waals surface area contributed by atoms with E-state index in [1.807, 2.05) is 0 Å². The van der Waals surface area contributed by atoms with Crippen LogP contribution in [0.15, 0.2) is 12.1 Å². The maximum absolute atomic E-state index is 12.7. The van der Waals surface area contributed by atoms with E-state index in [1.165, 1.54) is 27.1 Å². The zero-order chi connectivity index (χ0) is 17.3. The highest BCUT2D eigenvalue weighted by molar-refractivity contribution is 5.93. The zero-order valence-electron chi connectivity index (χ0n) is 14.7. The minimum atomic E-state index is -0.373. The Bertz CT molecular complexity index is 604. The van der Waals surface area contributed by atoms with Crippen molar-refractivity contribution in [2.45, 2.75) is 43.9 Å². The quantitative estimate of drug-likeness (QED) is 0.771. The average molecular weight is 335 g/mol. The lowest BCUT2D eigenvalue weighted by Gasteiger charge is -2.35. The van der Waals surface area contributed by atoms with Gasteiger partial charge in [0.2, 0.25) is 0 Å². The van der Waals surface area contributed by atoms with Crippen LogP contribution in [0, 0.1) is 0 Å². The first kappa shape index (κ1) is 16.9. The number of carbonyl (C=O) groups excluding carboxylic acids is 1. The molecule has 0 spiro atoms. The van der Waals surface area contributed by atoms with Crippen molar-refractivity contribution in [2.24, 2.45) is 0 Å². The first-order valence-corrected chi connectivity index (χ1v) is 8.30. The molecule has 1 aromatic rings. The van der Waals surface area contributed by atoms with Crippen molar-refractivity contribution >= 4 is 5.97 Å². The molecular formula is C18H25NO5. The molecule has 2 aliphatic rings. The molecule has 0 aromatic heterocycles. The number of esters is 1. The molecule has 0 N–H and O–H groups in total. The predicted molar refractivity (Wildman–Crippen MR) is 89.1 cm³/mol. The minimum absolute atomic E-state index is 0.0380. The van der Waals surface area contributed by atoms with Crippen LogP contribution in [0.3, 0.4) is 0 Å². The molecule has 2 bridgehead atoms. The number of piperidine rings is 1. The van der Waals surface area contributed by atoms with Crippen LogP contribution in [0.4, 0.5) is 0 Å². The maximum atomic E-state index is 12.7. The SMILES string of the molecule is COc1cc(OC)c(C(=O)OC2CC3CCC(C2)N3C)cc1OC. The Morgan fingerprint density at radius 3 is 2.04 bits per heavy atom. The first-order chi connectivity index (χ1) is 11.6. The van der Waals surface area contributed by atoms with Gasteiger partial charge in [0, 0.05) is 37.1 Å². The normalized spacial score (nSPS) is 26.1. The van der Waals surface area contributed by atoms with Crippen molar-refractivity contribution in [3.05, 3.63) is 17.7 Å². The number of fused-ring (bicyclic) bond motifs is 2. The Labute approximate surface area is 142 Å². The summed E-state index contributed by atoms with van der Waals surface area (Å²) in [6, 6.07) is 4.31. The van der Waals surface area contributed by atoms with Crippen LogP contribution in [-0.4, -0.2) is 57.4 Å². The fourth-order valence-corrected chi connectivity index (χ4v) is 3.86. The Morgan fingerprint density at radius 2 is 1.50 bits per heavy atom. The number of hydrogen-bond donors (Lipinski definition) is 0. The van der Waals surface area contributed by atoms with Crippen LogP contribution in [-0.2, 0) is 4.74 Å². The van der Waals surface area contributed by atoms with E-state index in [9.17, 15) is 4.79 Å². The van der Waals surface area contributed by atoms with Gasteiger partial charge < -0.3 is 23.8 Å². The third kappa shape index (κ3) is 3.02. The topological polar surface area (TPSA) is 57.2 Å². The van der Waals surface area contributed by atoms with Gasteiger partial charge in [0.25, 0.3) is 0 Å². The number of benzene rings is 1. The van der Waals surface area contributed by atoms with Crippen LogP contribution in [0.1, 0.15) is 36.0 Å². The molecular weight excluding hydrogens is 310 g/mol. The molecule has 2 aliphatic heterocycles. The Morgan fingerprint density at radius 1 is 0.958 bits per heavy atom. The number of carbonyl (C=O) groups is 1. The molecule has 2 heterocycles. The summed E-state index contributed by atoms with van der Waals surface area (Å²) in [5, 5.41) is 0. The van der Waals surface area contributed by atoms with Crippen LogP contribution >= 0.6 is 0 Å². The highest BCUT2D eigenvalue weighted by atomic mass is 16.5. The molecule has 0 saturated carbocycles. The van der Waals surface area contributed by atoms with Crippen molar-refractivity contribution in [2.75, 3.05) is 28.4 Å². The second-order valence-electron chi connectivity index (χ2n) is 6.46. The van der Waals surface area contributed by atoms with Crippen molar-refractivity contribution < 1.29 is 23.7 Å². The van der Waals surface area contributed by atoms with Crippen LogP contribution in [0.2, 0.25) is 0 Å². The number of ether oxygens (including phenoxy) is 4. The maximum Gasteiger partial charge on any atom is 0.342 e. The summed E-state index contributed by atoms with van der Waals surface area (Å²) < 4.78 is 21.6. The van der Waals surface area contributed by atoms with Crippen LogP contribution in [0.5, 0.6) is 17.2 Å². The minimum Gasteiger partial charge on any atom is -0.496 e. The van der Waals surface area contributed by atoms with Gasteiger partial charge in [-0.15, -0.1) is 0 Å².